The molecule has 0 aliphatic carbocycles. The molecule has 0 unspecified atom stereocenters. The minimum absolute atomic E-state index is 0.00942. The van der Waals surface area contributed by atoms with Crippen LogP contribution in [0.4, 0.5) is 4.39 Å². The van der Waals surface area contributed by atoms with E-state index in [2.05, 4.69) is 4.98 Å². The number of halogens is 1. The number of hydrogen-bond acceptors (Lipinski definition) is 4. The fraction of sp³-hybridized carbons (Fsp3) is 0.148. The Balaban J connectivity index is 1.34. The third kappa shape index (κ3) is 3.40. The Morgan fingerprint density at radius 2 is 1.82 bits per heavy atom. The molecule has 0 fully saturated rings. The van der Waals surface area contributed by atoms with Gasteiger partial charge in [0.2, 0.25) is 0 Å². The second-order valence-electron chi connectivity index (χ2n) is 8.46. The van der Waals surface area contributed by atoms with Gasteiger partial charge in [-0.2, -0.15) is 0 Å². The third-order valence-electron chi connectivity index (χ3n) is 6.43. The van der Waals surface area contributed by atoms with E-state index in [0.29, 0.717) is 40.9 Å². The van der Waals surface area contributed by atoms with E-state index >= 15 is 0 Å². The summed E-state index contributed by atoms with van der Waals surface area (Å²) in [5.41, 5.74) is 1.93. The highest BCUT2D eigenvalue weighted by atomic mass is 32.1. The van der Waals surface area contributed by atoms with Crippen LogP contribution in [0.5, 0.6) is 0 Å². The number of hydrogen-bond donors (Lipinski definition) is 0. The highest BCUT2D eigenvalue weighted by molar-refractivity contribution is 7.18. The minimum Gasteiger partial charge on any atom is -0.333 e. The van der Waals surface area contributed by atoms with Gasteiger partial charge in [-0.1, -0.05) is 54.6 Å². The zero-order chi connectivity index (χ0) is 23.2. The fourth-order valence-electron chi connectivity index (χ4n) is 4.70. The lowest BCUT2D eigenvalue weighted by atomic mass is 10.0. The fourth-order valence-corrected chi connectivity index (χ4v) is 5.89. The molecule has 1 amide bonds. The minimum atomic E-state index is -0.343. The second-order valence-corrected chi connectivity index (χ2v) is 9.54. The Morgan fingerprint density at radius 1 is 1.03 bits per heavy atom. The molecule has 1 aliphatic rings. The van der Waals surface area contributed by atoms with Crippen molar-refractivity contribution in [2.24, 2.45) is 0 Å². The lowest BCUT2D eigenvalue weighted by Crippen LogP contribution is -2.35. The van der Waals surface area contributed by atoms with Crippen molar-refractivity contribution in [1.29, 1.82) is 0 Å². The van der Waals surface area contributed by atoms with Crippen molar-refractivity contribution in [3.05, 3.63) is 111 Å². The summed E-state index contributed by atoms with van der Waals surface area (Å²) < 4.78 is 15.6. The van der Waals surface area contributed by atoms with Crippen molar-refractivity contribution in [2.75, 3.05) is 6.54 Å². The first-order valence-corrected chi connectivity index (χ1v) is 11.9. The maximum Gasteiger partial charge on any atom is 0.262 e. The van der Waals surface area contributed by atoms with Crippen molar-refractivity contribution in [1.82, 2.24) is 14.5 Å². The van der Waals surface area contributed by atoms with Gasteiger partial charge in [0.15, 0.2) is 0 Å². The molecule has 3 aromatic carbocycles. The van der Waals surface area contributed by atoms with Crippen LogP contribution in [-0.2, 0) is 19.5 Å². The van der Waals surface area contributed by atoms with Crippen molar-refractivity contribution in [3.8, 4) is 0 Å². The van der Waals surface area contributed by atoms with Crippen LogP contribution in [0.2, 0.25) is 0 Å². The van der Waals surface area contributed by atoms with Gasteiger partial charge in [-0.25, -0.2) is 9.37 Å². The molecule has 0 radical (unpaired) electrons. The molecule has 0 spiro atoms. The van der Waals surface area contributed by atoms with Crippen molar-refractivity contribution >= 4 is 38.2 Å². The molecule has 3 heterocycles. The number of aromatic nitrogens is 2. The Morgan fingerprint density at radius 3 is 2.71 bits per heavy atom. The molecule has 0 saturated heterocycles. The number of carbonyl (C=O) groups excluding carboxylic acids is 1. The average molecular weight is 470 g/mol. The van der Waals surface area contributed by atoms with E-state index in [4.69, 9.17) is 0 Å². The van der Waals surface area contributed by atoms with Gasteiger partial charge in [0.1, 0.15) is 10.6 Å². The summed E-state index contributed by atoms with van der Waals surface area (Å²) in [6.45, 7) is 1.11. The standard InChI is InChI=1S/C27H20FN3O2S/c28-22-11-4-2-7-18(22)14-31-16-29-25-24(27(31)33)21-12-13-30(15-23(21)34-25)26(32)20-10-5-8-17-6-1-3-9-19(17)20/h1-11,16H,12-15H2. The third-order valence-corrected chi connectivity index (χ3v) is 7.56. The van der Waals surface area contributed by atoms with Crippen LogP contribution in [0.3, 0.4) is 0 Å². The molecular weight excluding hydrogens is 449 g/mol. The maximum absolute atomic E-state index is 14.1. The molecule has 6 rings (SSSR count). The Bertz CT molecular complexity index is 1630. The molecule has 5 aromatic rings. The monoisotopic (exact) mass is 469 g/mol. The summed E-state index contributed by atoms with van der Waals surface area (Å²) in [5, 5.41) is 2.57. The Kier molecular flexibility index (Phi) is 4.99. The zero-order valence-electron chi connectivity index (χ0n) is 18.2. The number of amides is 1. The van der Waals surface area contributed by atoms with Gasteiger partial charge in [0, 0.05) is 22.5 Å². The summed E-state index contributed by atoms with van der Waals surface area (Å²) in [4.78, 5) is 34.7. The lowest BCUT2D eigenvalue weighted by Gasteiger charge is -2.27. The number of carbonyl (C=O) groups is 1. The molecule has 0 N–H and O–H groups in total. The van der Waals surface area contributed by atoms with Crippen LogP contribution in [-0.4, -0.2) is 26.9 Å². The smallest absolute Gasteiger partial charge is 0.262 e. The summed E-state index contributed by atoms with van der Waals surface area (Å²) in [6.07, 6.45) is 2.07. The van der Waals surface area contributed by atoms with E-state index in [-0.39, 0.29) is 23.8 Å². The number of thiophene rings is 1. The highest BCUT2D eigenvalue weighted by Crippen LogP contribution is 2.33. The van der Waals surface area contributed by atoms with Crippen LogP contribution >= 0.6 is 11.3 Å². The molecule has 7 heteroatoms. The average Bonchev–Trinajstić information content (AvgIpc) is 3.24. The van der Waals surface area contributed by atoms with Gasteiger partial charge >= 0.3 is 0 Å². The Hall–Kier alpha value is -3.84. The molecule has 1 aliphatic heterocycles. The van der Waals surface area contributed by atoms with Crippen molar-refractivity contribution in [2.45, 2.75) is 19.5 Å². The molecule has 168 valence electrons. The summed E-state index contributed by atoms with van der Waals surface area (Å²) in [6, 6.07) is 20.1. The van der Waals surface area contributed by atoms with E-state index in [1.165, 1.54) is 28.3 Å². The first-order chi connectivity index (χ1) is 16.6. The van der Waals surface area contributed by atoms with Gasteiger partial charge in [-0.15, -0.1) is 11.3 Å². The van der Waals surface area contributed by atoms with E-state index in [0.717, 1.165) is 21.2 Å². The first kappa shape index (κ1) is 20.7. The summed E-state index contributed by atoms with van der Waals surface area (Å²) in [5.74, 6) is -0.353. The van der Waals surface area contributed by atoms with Crippen LogP contribution in [0, 0.1) is 5.82 Å². The van der Waals surface area contributed by atoms with E-state index in [1.807, 2.05) is 47.4 Å². The molecular formula is C27H20FN3O2S. The van der Waals surface area contributed by atoms with Gasteiger partial charge in [0.05, 0.1) is 24.8 Å². The van der Waals surface area contributed by atoms with Gasteiger partial charge in [-0.05, 0) is 34.9 Å². The predicted octanol–water partition coefficient (Wildman–Crippen LogP) is 5.00. The van der Waals surface area contributed by atoms with Crippen molar-refractivity contribution in [3.63, 3.8) is 0 Å². The first-order valence-electron chi connectivity index (χ1n) is 11.1. The second kappa shape index (κ2) is 8.18. The van der Waals surface area contributed by atoms with Crippen LogP contribution in [0.1, 0.15) is 26.4 Å². The normalized spacial score (nSPS) is 13.4. The molecule has 0 atom stereocenters. The topological polar surface area (TPSA) is 55.2 Å². The number of fused-ring (bicyclic) bond motifs is 4. The van der Waals surface area contributed by atoms with Gasteiger partial charge < -0.3 is 4.90 Å². The highest BCUT2D eigenvalue weighted by Gasteiger charge is 2.27. The zero-order valence-corrected chi connectivity index (χ0v) is 19.0. The molecule has 0 bridgehead atoms. The maximum atomic E-state index is 14.1. The number of rotatable bonds is 3. The van der Waals surface area contributed by atoms with E-state index in [9.17, 15) is 14.0 Å². The van der Waals surface area contributed by atoms with Crippen LogP contribution < -0.4 is 5.56 Å². The SMILES string of the molecule is O=C(c1cccc2ccccc12)N1CCc2c(sc3ncn(Cc4ccccc4F)c(=O)c23)C1. The quantitative estimate of drug-likeness (QED) is 0.374. The van der Waals surface area contributed by atoms with Crippen molar-refractivity contribution < 1.29 is 9.18 Å². The number of benzene rings is 3. The largest absolute Gasteiger partial charge is 0.333 e. The Labute approximate surface area is 198 Å². The predicted molar refractivity (Wildman–Crippen MR) is 132 cm³/mol. The molecule has 0 saturated carbocycles. The number of nitrogens with zero attached hydrogens (tertiary/aromatic N) is 3. The summed E-state index contributed by atoms with van der Waals surface area (Å²) >= 11 is 1.46. The molecule has 5 nitrogen and oxygen atoms in total. The van der Waals surface area contributed by atoms with Crippen LogP contribution in [0.25, 0.3) is 21.0 Å². The van der Waals surface area contributed by atoms with E-state index < -0.39 is 0 Å². The van der Waals surface area contributed by atoms with Gasteiger partial charge in [-0.3, -0.25) is 14.2 Å². The van der Waals surface area contributed by atoms with Crippen LogP contribution in [0.15, 0.2) is 77.9 Å². The van der Waals surface area contributed by atoms with Gasteiger partial charge in [0.25, 0.3) is 11.5 Å². The molecule has 34 heavy (non-hydrogen) atoms. The van der Waals surface area contributed by atoms with E-state index in [1.54, 1.807) is 18.2 Å². The molecule has 2 aromatic heterocycles. The summed E-state index contributed by atoms with van der Waals surface area (Å²) in [7, 11) is 0. The lowest BCUT2D eigenvalue weighted by molar-refractivity contribution is 0.0739.